The Hall–Kier alpha value is -5.20. The lowest BCUT2D eigenvalue weighted by molar-refractivity contribution is -0.117. The number of terminal acetylenes is 1. The summed E-state index contributed by atoms with van der Waals surface area (Å²) in [5.74, 6) is 3.69. The maximum absolute atomic E-state index is 15.4. The number of carbonyl (C=O) groups excluding carboxylic acids is 1. The topological polar surface area (TPSA) is 129 Å². The van der Waals surface area contributed by atoms with E-state index >= 15 is 8.78 Å². The zero-order valence-corrected chi connectivity index (χ0v) is 33.2. The average Bonchev–Trinajstić information content (AvgIpc) is 3.35. The molecule has 1 amide bonds. The Morgan fingerprint density at radius 3 is 2.79 bits per heavy atom. The number of carbonyl (C=O) groups is 1. The van der Waals surface area contributed by atoms with Gasteiger partial charge in [-0.15, -0.1) is 6.42 Å². The van der Waals surface area contributed by atoms with Crippen molar-refractivity contribution in [3.8, 4) is 24.1 Å². The summed E-state index contributed by atoms with van der Waals surface area (Å²) < 4.78 is 49.1. The van der Waals surface area contributed by atoms with E-state index in [1.165, 1.54) is 12.1 Å². The summed E-state index contributed by atoms with van der Waals surface area (Å²) in [6.45, 7) is 11.6. The molecule has 3 aromatic rings. The monoisotopic (exact) mass is 798 g/mol. The van der Waals surface area contributed by atoms with Crippen LogP contribution in [0.15, 0.2) is 43.1 Å². The van der Waals surface area contributed by atoms with Gasteiger partial charge in [0.2, 0.25) is 5.91 Å². The number of pyridine rings is 1. The van der Waals surface area contributed by atoms with Gasteiger partial charge in [-0.3, -0.25) is 4.79 Å². The first-order chi connectivity index (χ1) is 28.0. The number of anilines is 4. The summed E-state index contributed by atoms with van der Waals surface area (Å²) in [6, 6.07) is 6.80. The predicted molar refractivity (Wildman–Crippen MR) is 217 cm³/mol. The van der Waals surface area contributed by atoms with Crippen LogP contribution in [0.4, 0.5) is 31.8 Å². The predicted octanol–water partition coefficient (Wildman–Crippen LogP) is 3.99. The molecule has 3 saturated heterocycles. The van der Waals surface area contributed by atoms with Crippen molar-refractivity contribution in [1.82, 2.24) is 20.3 Å². The molecule has 2 aromatic heterocycles. The molecule has 5 aliphatic rings. The number of halogens is 2. The molecular weight excluding hydrogens is 747 g/mol. The standard InChI is InChI=1S/C43H52F2N8O5/c1-5-34-35(45)12-10-28-17-33(54)23-52(39(28)34)32-18-36-40(57-25-32)41(50-14-8-7-9-30(22-50)47-38(55)6-2)49-42(48-36)58-26-43(4)19-29(44)21-53(43)31-11-13-37(46-20-31)51-15-16-56-24-27(51)3/h1,6,10-13,20,27,29-30,32-33,54H,2,7-9,14-19,21-26H2,3-4H3,(H,47,55)/t27-,29-,30?,32-,33+,43+/m1/s1. The molecule has 0 saturated carbocycles. The van der Waals surface area contributed by atoms with E-state index in [0.29, 0.717) is 62.1 Å². The summed E-state index contributed by atoms with van der Waals surface area (Å²) in [5, 5.41) is 14.0. The molecule has 5 aliphatic heterocycles. The van der Waals surface area contributed by atoms with Crippen LogP contribution in [0.3, 0.4) is 0 Å². The molecule has 0 bridgehead atoms. The van der Waals surface area contributed by atoms with Crippen molar-refractivity contribution in [3.63, 3.8) is 0 Å². The van der Waals surface area contributed by atoms with Gasteiger partial charge < -0.3 is 44.2 Å². The quantitative estimate of drug-likeness (QED) is 0.240. The van der Waals surface area contributed by atoms with Crippen molar-refractivity contribution in [2.45, 2.75) is 88.3 Å². The van der Waals surface area contributed by atoms with Crippen molar-refractivity contribution in [2.75, 3.05) is 78.8 Å². The van der Waals surface area contributed by atoms with E-state index in [1.54, 1.807) is 12.3 Å². The summed E-state index contributed by atoms with van der Waals surface area (Å²) in [4.78, 5) is 35.3. The Balaban J connectivity index is 1.10. The Morgan fingerprint density at radius 1 is 1.16 bits per heavy atom. The maximum atomic E-state index is 15.4. The van der Waals surface area contributed by atoms with Gasteiger partial charge in [-0.2, -0.15) is 9.97 Å². The highest BCUT2D eigenvalue weighted by molar-refractivity contribution is 5.87. The lowest BCUT2D eigenvalue weighted by Gasteiger charge is -2.42. The summed E-state index contributed by atoms with van der Waals surface area (Å²) in [5.41, 5.74) is 2.13. The number of aromatic nitrogens is 3. The number of nitrogens with zero attached hydrogens (tertiary/aromatic N) is 7. The number of hydrogen-bond donors (Lipinski definition) is 2. The molecule has 13 nitrogen and oxygen atoms in total. The highest BCUT2D eigenvalue weighted by Crippen LogP contribution is 2.41. The molecule has 308 valence electrons. The zero-order valence-electron chi connectivity index (χ0n) is 33.2. The van der Waals surface area contributed by atoms with Gasteiger partial charge in [-0.05, 0) is 62.9 Å². The van der Waals surface area contributed by atoms with Crippen LogP contribution in [0, 0.1) is 18.2 Å². The number of ether oxygens (including phenoxy) is 3. The lowest BCUT2D eigenvalue weighted by Crippen LogP contribution is -2.50. The van der Waals surface area contributed by atoms with Crippen molar-refractivity contribution in [1.29, 1.82) is 0 Å². The van der Waals surface area contributed by atoms with Crippen LogP contribution in [-0.4, -0.2) is 121 Å². The van der Waals surface area contributed by atoms with Crippen molar-refractivity contribution in [3.05, 3.63) is 65.8 Å². The van der Waals surface area contributed by atoms with Crippen molar-refractivity contribution in [2.24, 2.45) is 0 Å². The Labute approximate surface area is 338 Å². The minimum atomic E-state index is -1.08. The van der Waals surface area contributed by atoms with Gasteiger partial charge in [0.1, 0.15) is 31.0 Å². The van der Waals surface area contributed by atoms with Crippen LogP contribution < -0.4 is 34.4 Å². The number of aliphatic hydroxyl groups is 1. The molecule has 0 spiro atoms. The number of fused-ring (bicyclic) bond motifs is 2. The molecule has 0 aliphatic carbocycles. The smallest absolute Gasteiger partial charge is 0.318 e. The number of morpholine rings is 1. The largest absolute Gasteiger partial charge is 0.486 e. The molecule has 15 heteroatoms. The van der Waals surface area contributed by atoms with E-state index in [9.17, 15) is 9.90 Å². The van der Waals surface area contributed by atoms with Crippen LogP contribution in [-0.2, 0) is 22.4 Å². The number of β-amino-alcohol motifs (C(OH)–C–C–N with tert-alkyl or cyclic N) is 1. The minimum absolute atomic E-state index is 0.0900. The summed E-state index contributed by atoms with van der Waals surface area (Å²) in [7, 11) is 0. The van der Waals surface area contributed by atoms with E-state index in [1.807, 2.05) is 28.9 Å². The third-order valence-corrected chi connectivity index (χ3v) is 12.1. The van der Waals surface area contributed by atoms with Gasteiger partial charge in [-0.25, -0.2) is 13.8 Å². The fourth-order valence-corrected chi connectivity index (χ4v) is 9.23. The number of benzene rings is 1. The summed E-state index contributed by atoms with van der Waals surface area (Å²) in [6.07, 6.45) is 10.7. The van der Waals surface area contributed by atoms with E-state index in [2.05, 4.69) is 34.5 Å². The van der Waals surface area contributed by atoms with Gasteiger partial charge in [0.05, 0.1) is 72.3 Å². The number of rotatable bonds is 9. The lowest BCUT2D eigenvalue weighted by atomic mass is 9.93. The third kappa shape index (κ3) is 7.96. The molecule has 8 rings (SSSR count). The van der Waals surface area contributed by atoms with Gasteiger partial charge >= 0.3 is 6.01 Å². The molecule has 0 radical (unpaired) electrons. The van der Waals surface area contributed by atoms with Crippen LogP contribution in [0.1, 0.15) is 56.4 Å². The molecular formula is C43H52F2N8O5. The highest BCUT2D eigenvalue weighted by Gasteiger charge is 2.44. The van der Waals surface area contributed by atoms with Crippen LogP contribution in [0.25, 0.3) is 0 Å². The Bertz CT molecular complexity index is 2050. The normalized spacial score (nSPS) is 27.1. The molecule has 7 heterocycles. The first-order valence-corrected chi connectivity index (χ1v) is 20.3. The second kappa shape index (κ2) is 16.6. The SMILES string of the molecule is C#Cc1c(F)ccc2c1N([C@H]1COc3c(nc(OC[C@]4(C)C[C@@H](F)CN4c4ccc(N5CCOC[C@H]5C)nc4)nc3N3CCCCC(NC(=O)C=C)C3)C1)C[C@@H](O)C2. The van der Waals surface area contributed by atoms with Gasteiger partial charge in [0.25, 0.3) is 0 Å². The average molecular weight is 799 g/mol. The first-order valence-electron chi connectivity index (χ1n) is 20.3. The minimum Gasteiger partial charge on any atom is -0.486 e. The molecule has 58 heavy (non-hydrogen) atoms. The maximum Gasteiger partial charge on any atom is 0.318 e. The fourth-order valence-electron chi connectivity index (χ4n) is 9.23. The van der Waals surface area contributed by atoms with Crippen LogP contribution in [0.5, 0.6) is 11.8 Å². The number of amides is 1. The van der Waals surface area contributed by atoms with Crippen molar-refractivity contribution < 1.29 is 32.9 Å². The van der Waals surface area contributed by atoms with E-state index in [4.69, 9.17) is 35.6 Å². The van der Waals surface area contributed by atoms with Crippen LogP contribution in [0.2, 0.25) is 0 Å². The molecule has 1 aromatic carbocycles. The van der Waals surface area contributed by atoms with Gasteiger partial charge in [-0.1, -0.05) is 18.6 Å². The first kappa shape index (κ1) is 39.6. The molecule has 2 N–H and O–H groups in total. The number of hydrogen-bond acceptors (Lipinski definition) is 12. The third-order valence-electron chi connectivity index (χ3n) is 12.1. The number of aliphatic hydroxyl groups excluding tert-OH is 1. The van der Waals surface area contributed by atoms with Crippen LogP contribution >= 0.6 is 0 Å². The zero-order chi connectivity index (χ0) is 40.6. The number of nitrogens with one attached hydrogen (secondary N) is 1. The highest BCUT2D eigenvalue weighted by atomic mass is 19.1. The molecule has 6 atom stereocenters. The van der Waals surface area contributed by atoms with Crippen molar-refractivity contribution >= 4 is 28.9 Å². The number of alkyl halides is 1. The summed E-state index contributed by atoms with van der Waals surface area (Å²) >= 11 is 0. The second-order valence-electron chi connectivity index (χ2n) is 16.4. The fraction of sp³-hybridized carbons (Fsp3) is 0.535. The van der Waals surface area contributed by atoms with Gasteiger partial charge in [0.15, 0.2) is 11.6 Å². The Kier molecular flexibility index (Phi) is 11.3. The van der Waals surface area contributed by atoms with E-state index < -0.39 is 23.6 Å². The van der Waals surface area contributed by atoms with E-state index in [0.717, 1.165) is 42.9 Å². The van der Waals surface area contributed by atoms with E-state index in [-0.39, 0.29) is 68.3 Å². The second-order valence-corrected chi connectivity index (χ2v) is 16.4. The molecule has 1 unspecified atom stereocenters. The molecule has 3 fully saturated rings. The van der Waals surface area contributed by atoms with Gasteiger partial charge in [0, 0.05) is 51.5 Å². The Morgan fingerprint density at radius 2 is 2.02 bits per heavy atom.